The number of likely N-dealkylation sites (tertiary alicyclic amines) is 1. The summed E-state index contributed by atoms with van der Waals surface area (Å²) in [6, 6.07) is 8.16. The molecule has 1 aliphatic rings. The van der Waals surface area contributed by atoms with Crippen LogP contribution in [-0.2, 0) is 4.79 Å². The van der Waals surface area contributed by atoms with Gasteiger partial charge in [0.05, 0.1) is 28.8 Å². The minimum atomic E-state index is -0.566. The third kappa shape index (κ3) is 3.01. The van der Waals surface area contributed by atoms with Crippen molar-refractivity contribution >= 4 is 27.5 Å². The number of aliphatic hydroxyl groups excluding tert-OH is 1. The van der Waals surface area contributed by atoms with Crippen molar-refractivity contribution in [2.75, 3.05) is 6.54 Å². The first kappa shape index (κ1) is 15.4. The number of rotatable bonds is 4. The van der Waals surface area contributed by atoms with Crippen LogP contribution in [0.1, 0.15) is 44.2 Å². The van der Waals surface area contributed by atoms with E-state index in [2.05, 4.69) is 6.07 Å². The van der Waals surface area contributed by atoms with Crippen LogP contribution < -0.4 is 0 Å². The van der Waals surface area contributed by atoms with E-state index in [4.69, 9.17) is 4.98 Å². The zero-order valence-electron chi connectivity index (χ0n) is 13.0. The highest BCUT2D eigenvalue weighted by molar-refractivity contribution is 7.18. The maximum absolute atomic E-state index is 12.5. The Kier molecular flexibility index (Phi) is 4.45. The lowest BCUT2D eigenvalue weighted by molar-refractivity contribution is -0.134. The highest BCUT2D eigenvalue weighted by atomic mass is 32.1. The van der Waals surface area contributed by atoms with Crippen molar-refractivity contribution in [2.24, 2.45) is 5.92 Å². The lowest BCUT2D eigenvalue weighted by Crippen LogP contribution is -2.34. The Hall–Kier alpha value is -1.46. The Labute approximate surface area is 134 Å². The molecular formula is C17H22N2O2S. The fraction of sp³-hybridized carbons (Fsp3) is 0.529. The number of amides is 1. The van der Waals surface area contributed by atoms with Crippen LogP contribution in [0.4, 0.5) is 0 Å². The van der Waals surface area contributed by atoms with Crippen LogP contribution >= 0.6 is 11.3 Å². The number of carbonyl (C=O) groups is 1. The Morgan fingerprint density at radius 2 is 2.23 bits per heavy atom. The minimum absolute atomic E-state index is 0.0444. The predicted octanol–water partition coefficient (Wildman–Crippen LogP) is 3.37. The molecule has 2 aromatic rings. The van der Waals surface area contributed by atoms with Gasteiger partial charge in [-0.15, -0.1) is 11.3 Å². The highest BCUT2D eigenvalue weighted by Gasteiger charge is 2.33. The molecule has 1 aromatic heterocycles. The summed E-state index contributed by atoms with van der Waals surface area (Å²) in [5, 5.41) is 11.0. The predicted molar refractivity (Wildman–Crippen MR) is 88.8 cm³/mol. The van der Waals surface area contributed by atoms with Gasteiger partial charge in [0.2, 0.25) is 5.91 Å². The number of fused-ring (bicyclic) bond motifs is 1. The zero-order valence-corrected chi connectivity index (χ0v) is 13.8. The molecule has 1 amide bonds. The van der Waals surface area contributed by atoms with Crippen LogP contribution in [-0.4, -0.2) is 33.5 Å². The zero-order chi connectivity index (χ0) is 15.7. The number of hydrogen-bond donors (Lipinski definition) is 1. The quantitative estimate of drug-likeness (QED) is 0.940. The maximum Gasteiger partial charge on any atom is 0.225 e. The van der Waals surface area contributed by atoms with E-state index in [1.54, 1.807) is 11.3 Å². The van der Waals surface area contributed by atoms with E-state index in [-0.39, 0.29) is 24.3 Å². The Balaban J connectivity index is 1.79. The number of aromatic nitrogens is 1. The molecule has 1 fully saturated rings. The summed E-state index contributed by atoms with van der Waals surface area (Å²) >= 11 is 1.67. The molecule has 3 rings (SSSR count). The molecule has 5 heteroatoms. The average Bonchev–Trinajstić information content (AvgIpc) is 3.13. The van der Waals surface area contributed by atoms with E-state index in [1.165, 1.54) is 4.70 Å². The first-order valence-corrected chi connectivity index (χ1v) is 8.71. The van der Waals surface area contributed by atoms with Crippen LogP contribution in [0.15, 0.2) is 24.3 Å². The van der Waals surface area contributed by atoms with E-state index in [0.717, 1.165) is 29.9 Å². The van der Waals surface area contributed by atoms with E-state index in [1.807, 2.05) is 36.9 Å². The summed E-state index contributed by atoms with van der Waals surface area (Å²) in [6.45, 7) is 4.64. The van der Waals surface area contributed by atoms with Gasteiger partial charge in [0.25, 0.3) is 0 Å². The second-order valence-corrected chi connectivity index (χ2v) is 7.34. The van der Waals surface area contributed by atoms with Crippen LogP contribution in [0, 0.1) is 5.92 Å². The van der Waals surface area contributed by atoms with Crippen LogP contribution in [0.2, 0.25) is 0 Å². The molecule has 2 atom stereocenters. The number of aliphatic hydroxyl groups is 1. The molecular weight excluding hydrogens is 296 g/mol. The molecule has 1 N–H and O–H groups in total. The molecule has 4 nitrogen and oxygen atoms in total. The molecule has 0 bridgehead atoms. The number of thiazole rings is 1. The van der Waals surface area contributed by atoms with Crippen LogP contribution in [0.25, 0.3) is 10.2 Å². The van der Waals surface area contributed by atoms with E-state index in [9.17, 15) is 9.90 Å². The highest BCUT2D eigenvalue weighted by Crippen LogP contribution is 2.36. The van der Waals surface area contributed by atoms with Crippen molar-refractivity contribution in [1.82, 2.24) is 9.88 Å². The number of para-hydroxylation sites is 1. The summed E-state index contributed by atoms with van der Waals surface area (Å²) in [5.41, 5.74) is 1.00. The summed E-state index contributed by atoms with van der Waals surface area (Å²) in [4.78, 5) is 19.1. The fourth-order valence-electron chi connectivity index (χ4n) is 2.89. The van der Waals surface area contributed by atoms with Gasteiger partial charge in [-0.2, -0.15) is 0 Å². The third-order valence-electron chi connectivity index (χ3n) is 4.32. The SMILES string of the molecule is CC(C)C(O)CC(=O)N1CCCC1c1nc2ccccc2s1. The van der Waals surface area contributed by atoms with Gasteiger partial charge in [0, 0.05) is 6.54 Å². The van der Waals surface area contributed by atoms with Crippen molar-refractivity contribution in [3.05, 3.63) is 29.3 Å². The van der Waals surface area contributed by atoms with Gasteiger partial charge in [0.15, 0.2) is 0 Å². The maximum atomic E-state index is 12.5. The van der Waals surface area contributed by atoms with Gasteiger partial charge < -0.3 is 10.0 Å². The van der Waals surface area contributed by atoms with Gasteiger partial charge in [-0.25, -0.2) is 4.98 Å². The second kappa shape index (κ2) is 6.34. The lowest BCUT2D eigenvalue weighted by atomic mass is 10.0. The standard InChI is InChI=1S/C17H22N2O2S/c1-11(2)14(20)10-16(21)19-9-5-7-13(19)17-18-12-6-3-4-8-15(12)22-17/h3-4,6,8,11,13-14,20H,5,7,9-10H2,1-2H3. The molecule has 0 saturated carbocycles. The first-order valence-electron chi connectivity index (χ1n) is 7.89. The van der Waals surface area contributed by atoms with E-state index >= 15 is 0 Å². The molecule has 1 saturated heterocycles. The van der Waals surface area contributed by atoms with Gasteiger partial charge in [-0.3, -0.25) is 4.79 Å². The molecule has 0 aliphatic carbocycles. The van der Waals surface area contributed by atoms with Gasteiger partial charge in [-0.05, 0) is 30.9 Å². The van der Waals surface area contributed by atoms with Crippen molar-refractivity contribution < 1.29 is 9.90 Å². The van der Waals surface area contributed by atoms with Gasteiger partial charge in [-0.1, -0.05) is 26.0 Å². The van der Waals surface area contributed by atoms with Crippen molar-refractivity contribution in [3.63, 3.8) is 0 Å². The normalized spacial score (nSPS) is 20.0. The number of benzene rings is 1. The lowest BCUT2D eigenvalue weighted by Gasteiger charge is -2.25. The van der Waals surface area contributed by atoms with Crippen LogP contribution in [0.5, 0.6) is 0 Å². The number of hydrogen-bond acceptors (Lipinski definition) is 4. The van der Waals surface area contributed by atoms with E-state index in [0.29, 0.717) is 0 Å². The molecule has 1 aliphatic heterocycles. The Morgan fingerprint density at radius 1 is 1.45 bits per heavy atom. The largest absolute Gasteiger partial charge is 0.392 e. The average molecular weight is 318 g/mol. The molecule has 2 unspecified atom stereocenters. The second-order valence-electron chi connectivity index (χ2n) is 6.28. The first-order chi connectivity index (χ1) is 10.6. The van der Waals surface area contributed by atoms with E-state index < -0.39 is 6.10 Å². The third-order valence-corrected chi connectivity index (χ3v) is 5.46. The summed E-state index contributed by atoms with van der Waals surface area (Å²) < 4.78 is 1.17. The smallest absolute Gasteiger partial charge is 0.225 e. The molecule has 1 aromatic carbocycles. The van der Waals surface area contributed by atoms with Crippen LogP contribution in [0.3, 0.4) is 0 Å². The minimum Gasteiger partial charge on any atom is -0.392 e. The number of nitrogens with zero attached hydrogens (tertiary/aromatic N) is 2. The van der Waals surface area contributed by atoms with Crippen molar-refractivity contribution in [1.29, 1.82) is 0 Å². The Bertz CT molecular complexity index is 634. The molecule has 0 spiro atoms. The van der Waals surface area contributed by atoms with Gasteiger partial charge in [0.1, 0.15) is 5.01 Å². The topological polar surface area (TPSA) is 53.4 Å². The summed E-state index contributed by atoms with van der Waals surface area (Å²) in [6.07, 6.45) is 1.61. The molecule has 118 valence electrons. The Morgan fingerprint density at radius 3 is 2.95 bits per heavy atom. The summed E-state index contributed by atoms with van der Waals surface area (Å²) in [7, 11) is 0. The van der Waals surface area contributed by atoms with Crippen molar-refractivity contribution in [3.8, 4) is 0 Å². The molecule has 2 heterocycles. The fourth-order valence-corrected chi connectivity index (χ4v) is 4.00. The summed E-state index contributed by atoms with van der Waals surface area (Å²) in [5.74, 6) is 0.149. The monoisotopic (exact) mass is 318 g/mol. The molecule has 0 radical (unpaired) electrons. The number of carbonyl (C=O) groups excluding carboxylic acids is 1. The van der Waals surface area contributed by atoms with Crippen molar-refractivity contribution in [2.45, 2.75) is 45.3 Å². The van der Waals surface area contributed by atoms with Gasteiger partial charge >= 0.3 is 0 Å². The molecule has 22 heavy (non-hydrogen) atoms.